The third-order valence-corrected chi connectivity index (χ3v) is 3.12. The monoisotopic (exact) mass is 236 g/mol. The molecule has 0 heterocycles. The van der Waals surface area contributed by atoms with E-state index in [1.165, 1.54) is 5.69 Å². The van der Waals surface area contributed by atoms with Gasteiger partial charge in [-0.3, -0.25) is 0 Å². The summed E-state index contributed by atoms with van der Waals surface area (Å²) in [5.41, 5.74) is 8.44. The molecule has 0 aliphatic heterocycles. The summed E-state index contributed by atoms with van der Waals surface area (Å²) in [4.78, 5) is 2.31. The van der Waals surface area contributed by atoms with Gasteiger partial charge in [0.1, 0.15) is 0 Å². The second-order valence-electron chi connectivity index (χ2n) is 4.24. The van der Waals surface area contributed by atoms with Crippen LogP contribution in [0.4, 0.5) is 5.69 Å². The Morgan fingerprint density at radius 1 is 1.18 bits per heavy atom. The zero-order valence-electron chi connectivity index (χ0n) is 10.9. The SMILES string of the molecule is CCN(CC)c1ccc([C@@H](N)CCCO)cc1. The molecule has 0 bridgehead atoms. The summed E-state index contributed by atoms with van der Waals surface area (Å²) >= 11 is 0. The average Bonchev–Trinajstić information content (AvgIpc) is 2.38. The summed E-state index contributed by atoms with van der Waals surface area (Å²) in [5, 5.41) is 8.78. The average molecular weight is 236 g/mol. The third-order valence-electron chi connectivity index (χ3n) is 3.12. The number of aliphatic hydroxyl groups is 1. The van der Waals surface area contributed by atoms with Crippen LogP contribution in [0.3, 0.4) is 0 Å². The van der Waals surface area contributed by atoms with Crippen LogP contribution < -0.4 is 10.6 Å². The fourth-order valence-corrected chi connectivity index (χ4v) is 2.00. The fraction of sp³-hybridized carbons (Fsp3) is 0.571. The Morgan fingerprint density at radius 2 is 1.76 bits per heavy atom. The highest BCUT2D eigenvalue weighted by Crippen LogP contribution is 2.20. The van der Waals surface area contributed by atoms with Crippen LogP contribution in [0.2, 0.25) is 0 Å². The van der Waals surface area contributed by atoms with E-state index >= 15 is 0 Å². The number of benzene rings is 1. The molecule has 0 fully saturated rings. The lowest BCUT2D eigenvalue weighted by atomic mass is 10.0. The summed E-state index contributed by atoms with van der Waals surface area (Å²) in [6, 6.07) is 8.47. The highest BCUT2D eigenvalue weighted by atomic mass is 16.2. The third kappa shape index (κ3) is 4.02. The molecule has 0 unspecified atom stereocenters. The molecule has 0 aliphatic carbocycles. The standard InChI is InChI=1S/C14H24N2O/c1-3-16(4-2)13-9-7-12(8-10-13)14(15)6-5-11-17/h7-10,14,17H,3-6,11,15H2,1-2H3/t14-/m0/s1. The molecule has 96 valence electrons. The molecular weight excluding hydrogens is 212 g/mol. The summed E-state index contributed by atoms with van der Waals surface area (Å²) in [6.07, 6.45) is 1.60. The summed E-state index contributed by atoms with van der Waals surface area (Å²) in [5.74, 6) is 0. The number of nitrogens with two attached hydrogens (primary N) is 1. The molecule has 1 rings (SSSR count). The molecule has 1 atom stereocenters. The van der Waals surface area contributed by atoms with Crippen molar-refractivity contribution < 1.29 is 5.11 Å². The second kappa shape index (κ2) is 7.30. The predicted molar refractivity (Wildman–Crippen MR) is 73.3 cm³/mol. The lowest BCUT2D eigenvalue weighted by Gasteiger charge is -2.21. The molecule has 0 radical (unpaired) electrons. The van der Waals surface area contributed by atoms with Crippen molar-refractivity contribution in [1.29, 1.82) is 0 Å². The Hall–Kier alpha value is -1.06. The van der Waals surface area contributed by atoms with Crippen LogP contribution in [0.15, 0.2) is 24.3 Å². The van der Waals surface area contributed by atoms with Gasteiger partial charge < -0.3 is 15.7 Å². The van der Waals surface area contributed by atoms with Gasteiger partial charge in [-0.25, -0.2) is 0 Å². The number of hydrogen-bond donors (Lipinski definition) is 2. The van der Waals surface area contributed by atoms with Crippen molar-refractivity contribution in [2.75, 3.05) is 24.6 Å². The van der Waals surface area contributed by atoms with Crippen LogP contribution in [-0.2, 0) is 0 Å². The number of hydrogen-bond acceptors (Lipinski definition) is 3. The molecule has 3 N–H and O–H groups in total. The van der Waals surface area contributed by atoms with Crippen LogP contribution in [0.1, 0.15) is 38.3 Å². The van der Waals surface area contributed by atoms with Crippen molar-refractivity contribution in [3.8, 4) is 0 Å². The lowest BCUT2D eigenvalue weighted by Crippen LogP contribution is -2.21. The minimum atomic E-state index is 0.0351. The van der Waals surface area contributed by atoms with E-state index < -0.39 is 0 Å². The van der Waals surface area contributed by atoms with Crippen molar-refractivity contribution in [1.82, 2.24) is 0 Å². The first-order valence-electron chi connectivity index (χ1n) is 6.44. The molecule has 0 amide bonds. The summed E-state index contributed by atoms with van der Waals surface area (Å²) < 4.78 is 0. The van der Waals surface area contributed by atoms with Crippen molar-refractivity contribution in [2.24, 2.45) is 5.73 Å². The summed E-state index contributed by atoms with van der Waals surface area (Å²) in [7, 11) is 0. The van der Waals surface area contributed by atoms with Gasteiger partial charge in [-0.1, -0.05) is 12.1 Å². The van der Waals surface area contributed by atoms with Gasteiger partial charge in [0.15, 0.2) is 0 Å². The molecule has 0 saturated carbocycles. The predicted octanol–water partition coefficient (Wildman–Crippen LogP) is 2.31. The molecule has 3 heteroatoms. The van der Waals surface area contributed by atoms with Crippen molar-refractivity contribution >= 4 is 5.69 Å². The van der Waals surface area contributed by atoms with Crippen LogP contribution in [0, 0.1) is 0 Å². The number of anilines is 1. The molecule has 17 heavy (non-hydrogen) atoms. The zero-order chi connectivity index (χ0) is 12.7. The maximum Gasteiger partial charge on any atom is 0.0431 e. The van der Waals surface area contributed by atoms with E-state index in [0.717, 1.165) is 31.5 Å². The van der Waals surface area contributed by atoms with E-state index in [2.05, 4.69) is 43.0 Å². The van der Waals surface area contributed by atoms with Crippen molar-refractivity contribution in [3.05, 3.63) is 29.8 Å². The highest BCUT2D eigenvalue weighted by molar-refractivity contribution is 5.47. The van der Waals surface area contributed by atoms with Gasteiger partial charge in [0, 0.05) is 31.4 Å². The van der Waals surface area contributed by atoms with Gasteiger partial charge in [-0.15, -0.1) is 0 Å². The lowest BCUT2D eigenvalue weighted by molar-refractivity contribution is 0.280. The van der Waals surface area contributed by atoms with Gasteiger partial charge in [0.25, 0.3) is 0 Å². The first-order chi connectivity index (χ1) is 8.22. The van der Waals surface area contributed by atoms with Gasteiger partial charge >= 0.3 is 0 Å². The van der Waals surface area contributed by atoms with E-state index in [0.29, 0.717) is 0 Å². The molecule has 1 aromatic carbocycles. The first-order valence-corrected chi connectivity index (χ1v) is 6.44. The van der Waals surface area contributed by atoms with E-state index in [1.54, 1.807) is 0 Å². The van der Waals surface area contributed by atoms with Crippen LogP contribution in [0.25, 0.3) is 0 Å². The van der Waals surface area contributed by atoms with Gasteiger partial charge in [-0.2, -0.15) is 0 Å². The molecule has 0 saturated heterocycles. The Bertz CT molecular complexity index is 307. The van der Waals surface area contributed by atoms with Crippen molar-refractivity contribution in [3.63, 3.8) is 0 Å². The Morgan fingerprint density at radius 3 is 2.24 bits per heavy atom. The van der Waals surface area contributed by atoms with Crippen LogP contribution in [-0.4, -0.2) is 24.8 Å². The Balaban J connectivity index is 2.66. The molecule has 0 aromatic heterocycles. The molecule has 1 aromatic rings. The van der Waals surface area contributed by atoms with Gasteiger partial charge in [-0.05, 0) is 44.4 Å². The van der Waals surface area contributed by atoms with Gasteiger partial charge in [0.05, 0.1) is 0 Å². The van der Waals surface area contributed by atoms with E-state index in [-0.39, 0.29) is 12.6 Å². The quantitative estimate of drug-likeness (QED) is 0.763. The topological polar surface area (TPSA) is 49.5 Å². The highest BCUT2D eigenvalue weighted by Gasteiger charge is 2.06. The summed E-state index contributed by atoms with van der Waals surface area (Å²) in [6.45, 7) is 6.57. The molecule has 0 aliphatic rings. The first kappa shape index (κ1) is 14.0. The maximum absolute atomic E-state index is 8.78. The molecule has 3 nitrogen and oxygen atoms in total. The number of nitrogens with zero attached hydrogens (tertiary/aromatic N) is 1. The van der Waals surface area contributed by atoms with E-state index in [1.807, 2.05) is 0 Å². The number of rotatable bonds is 7. The van der Waals surface area contributed by atoms with Crippen LogP contribution >= 0.6 is 0 Å². The number of aliphatic hydroxyl groups excluding tert-OH is 1. The minimum Gasteiger partial charge on any atom is -0.396 e. The van der Waals surface area contributed by atoms with Crippen molar-refractivity contribution in [2.45, 2.75) is 32.7 Å². The van der Waals surface area contributed by atoms with E-state index in [9.17, 15) is 0 Å². The fourth-order valence-electron chi connectivity index (χ4n) is 2.00. The second-order valence-corrected chi connectivity index (χ2v) is 4.24. The largest absolute Gasteiger partial charge is 0.396 e. The Kier molecular flexibility index (Phi) is 6.01. The minimum absolute atomic E-state index is 0.0351. The Labute approximate surface area is 104 Å². The van der Waals surface area contributed by atoms with Crippen LogP contribution in [0.5, 0.6) is 0 Å². The zero-order valence-corrected chi connectivity index (χ0v) is 10.9. The molecular formula is C14H24N2O. The van der Waals surface area contributed by atoms with E-state index in [4.69, 9.17) is 10.8 Å². The normalized spacial score (nSPS) is 12.5. The maximum atomic E-state index is 8.78. The smallest absolute Gasteiger partial charge is 0.0431 e. The van der Waals surface area contributed by atoms with Gasteiger partial charge in [0.2, 0.25) is 0 Å². The molecule has 0 spiro atoms.